The van der Waals surface area contributed by atoms with Gasteiger partial charge in [0.25, 0.3) is 5.91 Å². The van der Waals surface area contributed by atoms with E-state index in [1.54, 1.807) is 23.2 Å². The van der Waals surface area contributed by atoms with Gasteiger partial charge in [-0.1, -0.05) is 0 Å². The highest BCUT2D eigenvalue weighted by atomic mass is 16.2. The molecule has 96 valence electrons. The van der Waals surface area contributed by atoms with Gasteiger partial charge in [-0.25, -0.2) is 4.98 Å². The number of nitrogens with one attached hydrogen (secondary N) is 2. The van der Waals surface area contributed by atoms with Crippen LogP contribution in [0.15, 0.2) is 18.3 Å². The first-order chi connectivity index (χ1) is 8.70. The van der Waals surface area contributed by atoms with E-state index in [0.717, 1.165) is 6.54 Å². The summed E-state index contributed by atoms with van der Waals surface area (Å²) in [5.74, 6) is 0.423. The number of nitrogens with zero attached hydrogens (tertiary/aromatic N) is 2. The van der Waals surface area contributed by atoms with E-state index < -0.39 is 0 Å². The Bertz CT molecular complexity index is 461. The Morgan fingerprint density at radius 3 is 3.17 bits per heavy atom. The fourth-order valence-electron chi connectivity index (χ4n) is 1.84. The Labute approximate surface area is 105 Å². The first-order valence-corrected chi connectivity index (χ1v) is 5.96. The minimum atomic E-state index is -0.133. The summed E-state index contributed by atoms with van der Waals surface area (Å²) in [5.41, 5.74) is 0.552. The summed E-state index contributed by atoms with van der Waals surface area (Å²) in [6, 6.07) is 3.37. The second-order valence-corrected chi connectivity index (χ2v) is 4.04. The van der Waals surface area contributed by atoms with Crippen LogP contribution in [-0.4, -0.2) is 47.9 Å². The Kier molecular flexibility index (Phi) is 3.76. The molecule has 1 saturated heterocycles. The Hall–Kier alpha value is -2.11. The second kappa shape index (κ2) is 5.48. The van der Waals surface area contributed by atoms with Crippen LogP contribution in [0.1, 0.15) is 17.3 Å². The number of hydrogen-bond donors (Lipinski definition) is 2. The number of carbonyl (C=O) groups is 2. The van der Waals surface area contributed by atoms with Crippen LogP contribution in [-0.2, 0) is 4.79 Å². The van der Waals surface area contributed by atoms with E-state index in [1.165, 1.54) is 0 Å². The lowest BCUT2D eigenvalue weighted by molar-refractivity contribution is -0.123. The van der Waals surface area contributed by atoms with Crippen molar-refractivity contribution in [1.29, 1.82) is 0 Å². The molecule has 1 aliphatic rings. The zero-order valence-electron chi connectivity index (χ0n) is 10.3. The van der Waals surface area contributed by atoms with Crippen molar-refractivity contribution >= 4 is 17.6 Å². The molecule has 0 spiro atoms. The van der Waals surface area contributed by atoms with Crippen molar-refractivity contribution in [3.8, 4) is 0 Å². The van der Waals surface area contributed by atoms with E-state index in [4.69, 9.17) is 0 Å². The summed E-state index contributed by atoms with van der Waals surface area (Å²) in [4.78, 5) is 29.1. The van der Waals surface area contributed by atoms with Crippen LogP contribution < -0.4 is 10.6 Å². The Morgan fingerprint density at radius 1 is 1.61 bits per heavy atom. The molecule has 0 aromatic carbocycles. The summed E-state index contributed by atoms with van der Waals surface area (Å²) in [7, 11) is 0. The minimum absolute atomic E-state index is 0.115. The highest BCUT2D eigenvalue weighted by Crippen LogP contribution is 2.10. The van der Waals surface area contributed by atoms with E-state index in [1.807, 2.05) is 6.92 Å². The van der Waals surface area contributed by atoms with Gasteiger partial charge in [0.2, 0.25) is 5.91 Å². The van der Waals surface area contributed by atoms with E-state index in [2.05, 4.69) is 15.6 Å². The molecule has 0 bridgehead atoms. The van der Waals surface area contributed by atoms with Crippen LogP contribution in [0, 0.1) is 0 Å². The van der Waals surface area contributed by atoms with Crippen LogP contribution in [0.5, 0.6) is 0 Å². The third-order valence-electron chi connectivity index (χ3n) is 2.69. The number of carbonyl (C=O) groups excluding carboxylic acids is 2. The minimum Gasteiger partial charge on any atom is -0.370 e. The molecule has 0 unspecified atom stereocenters. The van der Waals surface area contributed by atoms with Gasteiger partial charge in [-0.05, 0) is 19.1 Å². The topological polar surface area (TPSA) is 74.3 Å². The summed E-state index contributed by atoms with van der Waals surface area (Å²) >= 11 is 0. The molecule has 0 radical (unpaired) electrons. The summed E-state index contributed by atoms with van der Waals surface area (Å²) in [5, 5.41) is 5.75. The Balaban J connectivity index is 2.12. The average Bonchev–Trinajstić information content (AvgIpc) is 2.39. The van der Waals surface area contributed by atoms with Crippen LogP contribution in [0.3, 0.4) is 0 Å². The van der Waals surface area contributed by atoms with Crippen molar-refractivity contribution in [3.63, 3.8) is 0 Å². The molecule has 2 rings (SSSR count). The summed E-state index contributed by atoms with van der Waals surface area (Å²) < 4.78 is 0. The quantitative estimate of drug-likeness (QED) is 0.794. The molecule has 0 aliphatic carbocycles. The van der Waals surface area contributed by atoms with Gasteiger partial charge in [0.05, 0.1) is 6.54 Å². The van der Waals surface area contributed by atoms with Crippen LogP contribution in [0.4, 0.5) is 5.82 Å². The van der Waals surface area contributed by atoms with Crippen molar-refractivity contribution in [2.45, 2.75) is 6.92 Å². The molecule has 2 heterocycles. The van der Waals surface area contributed by atoms with Gasteiger partial charge in [-0.3, -0.25) is 9.59 Å². The van der Waals surface area contributed by atoms with Gasteiger partial charge in [-0.2, -0.15) is 0 Å². The number of pyridine rings is 1. The second-order valence-electron chi connectivity index (χ2n) is 4.04. The highest BCUT2D eigenvalue weighted by Gasteiger charge is 2.22. The van der Waals surface area contributed by atoms with Crippen molar-refractivity contribution in [3.05, 3.63) is 23.9 Å². The number of amides is 2. The third-order valence-corrected chi connectivity index (χ3v) is 2.69. The number of rotatable bonds is 3. The zero-order chi connectivity index (χ0) is 13.0. The van der Waals surface area contributed by atoms with E-state index in [-0.39, 0.29) is 18.4 Å². The highest BCUT2D eigenvalue weighted by molar-refractivity contribution is 5.97. The van der Waals surface area contributed by atoms with Crippen LogP contribution in [0.2, 0.25) is 0 Å². The van der Waals surface area contributed by atoms with E-state index >= 15 is 0 Å². The number of hydrogen-bond acceptors (Lipinski definition) is 4. The molecule has 0 atom stereocenters. The molecular formula is C12H16N4O2. The molecule has 18 heavy (non-hydrogen) atoms. The number of piperazine rings is 1. The lowest BCUT2D eigenvalue weighted by Gasteiger charge is -2.26. The lowest BCUT2D eigenvalue weighted by atomic mass is 10.2. The van der Waals surface area contributed by atoms with Crippen molar-refractivity contribution in [2.24, 2.45) is 0 Å². The SMILES string of the molecule is CCNc1cc(C(=O)N2CCNC(=O)C2)ccn1. The molecule has 1 aromatic rings. The van der Waals surface area contributed by atoms with Crippen molar-refractivity contribution in [2.75, 3.05) is 31.5 Å². The molecule has 2 amide bonds. The van der Waals surface area contributed by atoms with Crippen molar-refractivity contribution < 1.29 is 9.59 Å². The monoisotopic (exact) mass is 248 g/mol. The van der Waals surface area contributed by atoms with E-state index in [0.29, 0.717) is 24.5 Å². The fraction of sp³-hybridized carbons (Fsp3) is 0.417. The summed E-state index contributed by atoms with van der Waals surface area (Å²) in [6.45, 7) is 3.89. The van der Waals surface area contributed by atoms with Gasteiger partial charge in [0.15, 0.2) is 0 Å². The molecule has 1 aromatic heterocycles. The average molecular weight is 248 g/mol. The van der Waals surface area contributed by atoms with Gasteiger partial charge in [0.1, 0.15) is 5.82 Å². The lowest BCUT2D eigenvalue weighted by Crippen LogP contribution is -2.49. The summed E-state index contributed by atoms with van der Waals surface area (Å²) in [6.07, 6.45) is 1.59. The molecule has 6 heteroatoms. The van der Waals surface area contributed by atoms with Crippen LogP contribution in [0.25, 0.3) is 0 Å². The maximum absolute atomic E-state index is 12.2. The molecule has 6 nitrogen and oxygen atoms in total. The normalized spacial score (nSPS) is 15.2. The zero-order valence-corrected chi connectivity index (χ0v) is 10.3. The molecule has 2 N–H and O–H groups in total. The standard InChI is InChI=1S/C12H16N4O2/c1-2-13-10-7-9(3-4-14-10)12(18)16-6-5-15-11(17)8-16/h3-4,7H,2,5-6,8H2,1H3,(H,13,14)(H,15,17). The largest absolute Gasteiger partial charge is 0.370 e. The van der Waals surface area contributed by atoms with E-state index in [9.17, 15) is 9.59 Å². The molecular weight excluding hydrogens is 232 g/mol. The maximum atomic E-state index is 12.2. The first kappa shape index (κ1) is 12.3. The fourth-order valence-corrected chi connectivity index (χ4v) is 1.84. The molecule has 1 fully saturated rings. The van der Waals surface area contributed by atoms with Crippen molar-refractivity contribution in [1.82, 2.24) is 15.2 Å². The van der Waals surface area contributed by atoms with Gasteiger partial charge in [0, 0.05) is 31.4 Å². The predicted octanol–water partition coefficient (Wildman–Crippen LogP) is 0.0854. The third kappa shape index (κ3) is 2.77. The molecule has 0 saturated carbocycles. The Morgan fingerprint density at radius 2 is 2.44 bits per heavy atom. The van der Waals surface area contributed by atoms with Gasteiger partial charge >= 0.3 is 0 Å². The van der Waals surface area contributed by atoms with Gasteiger partial charge < -0.3 is 15.5 Å². The maximum Gasteiger partial charge on any atom is 0.254 e. The number of anilines is 1. The number of aromatic nitrogens is 1. The van der Waals surface area contributed by atoms with Crippen LogP contribution >= 0.6 is 0 Å². The van der Waals surface area contributed by atoms with Gasteiger partial charge in [-0.15, -0.1) is 0 Å². The predicted molar refractivity (Wildman–Crippen MR) is 67.3 cm³/mol. The first-order valence-electron chi connectivity index (χ1n) is 5.96. The molecule has 1 aliphatic heterocycles. The smallest absolute Gasteiger partial charge is 0.254 e.